The molecule has 2 rings (SSSR count). The number of nitrogens with zero attached hydrogens (tertiary/aromatic N) is 1. The predicted molar refractivity (Wildman–Crippen MR) is 72.7 cm³/mol. The Hall–Kier alpha value is -1.35. The van der Waals surface area contributed by atoms with Crippen molar-refractivity contribution in [1.82, 2.24) is 4.90 Å². The zero-order chi connectivity index (χ0) is 13.0. The van der Waals surface area contributed by atoms with Crippen LogP contribution in [0.5, 0.6) is 0 Å². The molecule has 98 valence electrons. The highest BCUT2D eigenvalue weighted by molar-refractivity contribution is 5.79. The molecule has 1 aromatic rings. The van der Waals surface area contributed by atoms with Crippen LogP contribution in [0.15, 0.2) is 30.3 Å². The lowest BCUT2D eigenvalue weighted by molar-refractivity contribution is -0.858. The lowest BCUT2D eigenvalue weighted by atomic mass is 9.99. The van der Waals surface area contributed by atoms with Gasteiger partial charge in [-0.1, -0.05) is 30.3 Å². The highest BCUT2D eigenvalue weighted by Crippen LogP contribution is 2.27. The first-order valence-corrected chi connectivity index (χ1v) is 6.78. The van der Waals surface area contributed by atoms with E-state index in [2.05, 4.69) is 38.4 Å². The quantitative estimate of drug-likeness (QED) is 0.807. The Morgan fingerprint density at radius 3 is 2.67 bits per heavy atom. The first-order valence-electron chi connectivity index (χ1n) is 6.78. The van der Waals surface area contributed by atoms with Crippen molar-refractivity contribution in [2.24, 2.45) is 0 Å². The molecule has 1 N–H and O–H groups in total. The fourth-order valence-electron chi connectivity index (χ4n) is 2.56. The summed E-state index contributed by atoms with van der Waals surface area (Å²) in [6.07, 6.45) is 1.77. The van der Waals surface area contributed by atoms with Crippen LogP contribution in [0.25, 0.3) is 0 Å². The van der Waals surface area contributed by atoms with Gasteiger partial charge >= 0.3 is 0 Å². The van der Waals surface area contributed by atoms with Gasteiger partial charge in [0.2, 0.25) is 5.91 Å². The van der Waals surface area contributed by atoms with Gasteiger partial charge < -0.3 is 9.80 Å². The van der Waals surface area contributed by atoms with Gasteiger partial charge in [-0.25, -0.2) is 0 Å². The van der Waals surface area contributed by atoms with Gasteiger partial charge in [-0.3, -0.25) is 4.79 Å². The van der Waals surface area contributed by atoms with Gasteiger partial charge in [0.05, 0.1) is 20.6 Å². The minimum Gasteiger partial charge on any atom is -0.342 e. The van der Waals surface area contributed by atoms with E-state index in [-0.39, 0.29) is 0 Å². The number of hydrogen-bond acceptors (Lipinski definition) is 1. The van der Waals surface area contributed by atoms with Crippen molar-refractivity contribution in [3.05, 3.63) is 35.9 Å². The Kier molecular flexibility index (Phi) is 4.37. The second kappa shape index (κ2) is 6.01. The van der Waals surface area contributed by atoms with E-state index in [4.69, 9.17) is 0 Å². The summed E-state index contributed by atoms with van der Waals surface area (Å²) in [6.45, 7) is 2.93. The number of amides is 1. The summed E-state index contributed by atoms with van der Waals surface area (Å²) in [5, 5.41) is 0. The van der Waals surface area contributed by atoms with E-state index >= 15 is 0 Å². The molecule has 1 aromatic carbocycles. The maximum absolute atomic E-state index is 12.0. The lowest BCUT2D eigenvalue weighted by Crippen LogP contribution is -3.05. The third kappa shape index (κ3) is 3.33. The molecule has 1 aliphatic heterocycles. The predicted octanol–water partition coefficient (Wildman–Crippen LogP) is 0.537. The molecule has 0 radical (unpaired) electrons. The monoisotopic (exact) mass is 247 g/mol. The Bertz CT molecular complexity index is 389. The maximum atomic E-state index is 12.0. The standard InChI is InChI=1S/C15H22N2O/c1-16(2)9-6-10-17-12-14(11-15(17)18)13-7-4-3-5-8-13/h3-5,7-8,14H,6,9-12H2,1-2H3/p+1/t14-/m0/s1. The van der Waals surface area contributed by atoms with Gasteiger partial charge in [-0.05, 0) is 5.56 Å². The number of quaternary nitrogens is 1. The molecular formula is C15H23N2O+. The third-order valence-electron chi connectivity index (χ3n) is 3.59. The molecule has 0 aliphatic carbocycles. The van der Waals surface area contributed by atoms with E-state index in [0.29, 0.717) is 18.2 Å². The number of carbonyl (C=O) groups is 1. The van der Waals surface area contributed by atoms with Crippen molar-refractivity contribution < 1.29 is 9.69 Å². The summed E-state index contributed by atoms with van der Waals surface area (Å²) in [6, 6.07) is 10.4. The van der Waals surface area contributed by atoms with Crippen LogP contribution in [0, 0.1) is 0 Å². The van der Waals surface area contributed by atoms with Gasteiger partial charge in [-0.2, -0.15) is 0 Å². The summed E-state index contributed by atoms with van der Waals surface area (Å²) in [5.41, 5.74) is 1.30. The third-order valence-corrected chi connectivity index (χ3v) is 3.59. The van der Waals surface area contributed by atoms with Crippen LogP contribution in [0.1, 0.15) is 24.3 Å². The average molecular weight is 247 g/mol. The van der Waals surface area contributed by atoms with Crippen molar-refractivity contribution >= 4 is 5.91 Å². The summed E-state index contributed by atoms with van der Waals surface area (Å²) >= 11 is 0. The fourth-order valence-corrected chi connectivity index (χ4v) is 2.56. The van der Waals surface area contributed by atoms with Crippen LogP contribution < -0.4 is 4.90 Å². The normalized spacial score (nSPS) is 19.8. The van der Waals surface area contributed by atoms with Crippen molar-refractivity contribution in [2.75, 3.05) is 33.7 Å². The van der Waals surface area contributed by atoms with Crippen molar-refractivity contribution in [1.29, 1.82) is 0 Å². The van der Waals surface area contributed by atoms with E-state index in [1.807, 2.05) is 11.0 Å². The minimum absolute atomic E-state index is 0.317. The fraction of sp³-hybridized carbons (Fsp3) is 0.533. The summed E-state index contributed by atoms with van der Waals surface area (Å²) in [4.78, 5) is 15.4. The van der Waals surface area contributed by atoms with E-state index in [1.165, 1.54) is 10.5 Å². The topological polar surface area (TPSA) is 24.8 Å². The Morgan fingerprint density at radius 2 is 2.00 bits per heavy atom. The number of carbonyl (C=O) groups excluding carboxylic acids is 1. The van der Waals surface area contributed by atoms with Gasteiger partial charge in [-0.15, -0.1) is 0 Å². The second-order valence-electron chi connectivity index (χ2n) is 5.46. The van der Waals surface area contributed by atoms with E-state index in [0.717, 1.165) is 26.1 Å². The molecule has 0 bridgehead atoms. The molecule has 1 atom stereocenters. The Balaban J connectivity index is 1.87. The zero-order valence-corrected chi connectivity index (χ0v) is 11.4. The van der Waals surface area contributed by atoms with Crippen molar-refractivity contribution in [3.8, 4) is 0 Å². The molecule has 1 heterocycles. The van der Waals surface area contributed by atoms with E-state index in [9.17, 15) is 4.79 Å². The van der Waals surface area contributed by atoms with Crippen molar-refractivity contribution in [2.45, 2.75) is 18.8 Å². The molecule has 3 nitrogen and oxygen atoms in total. The van der Waals surface area contributed by atoms with E-state index < -0.39 is 0 Å². The SMILES string of the molecule is C[NH+](C)CCCN1C[C@@H](c2ccccc2)CC1=O. The molecule has 3 heteroatoms. The molecule has 0 unspecified atom stereocenters. The highest BCUT2D eigenvalue weighted by atomic mass is 16.2. The highest BCUT2D eigenvalue weighted by Gasteiger charge is 2.29. The van der Waals surface area contributed by atoms with Gasteiger partial charge in [0.25, 0.3) is 0 Å². The van der Waals surface area contributed by atoms with Crippen LogP contribution in [0.4, 0.5) is 0 Å². The van der Waals surface area contributed by atoms with Crippen LogP contribution in [0.2, 0.25) is 0 Å². The molecule has 0 spiro atoms. The lowest BCUT2D eigenvalue weighted by Gasteiger charge is -2.17. The number of likely N-dealkylation sites (tertiary alicyclic amines) is 1. The number of hydrogen-bond donors (Lipinski definition) is 1. The van der Waals surface area contributed by atoms with Crippen LogP contribution in [-0.4, -0.2) is 44.5 Å². The van der Waals surface area contributed by atoms with Gasteiger partial charge in [0, 0.05) is 31.8 Å². The molecule has 1 amide bonds. The summed E-state index contributed by atoms with van der Waals surface area (Å²) in [7, 11) is 4.30. The van der Waals surface area contributed by atoms with Gasteiger partial charge in [0.15, 0.2) is 0 Å². The molecule has 1 aliphatic rings. The first kappa shape index (κ1) is 13.1. The number of rotatable bonds is 5. The van der Waals surface area contributed by atoms with Gasteiger partial charge in [0.1, 0.15) is 0 Å². The summed E-state index contributed by atoms with van der Waals surface area (Å²) < 4.78 is 0. The van der Waals surface area contributed by atoms with E-state index in [1.54, 1.807) is 0 Å². The van der Waals surface area contributed by atoms with Crippen LogP contribution >= 0.6 is 0 Å². The molecule has 1 saturated heterocycles. The smallest absolute Gasteiger partial charge is 0.223 e. The average Bonchev–Trinajstić information content (AvgIpc) is 2.72. The Labute approximate surface area is 109 Å². The molecule has 1 fully saturated rings. The molecular weight excluding hydrogens is 224 g/mol. The second-order valence-corrected chi connectivity index (χ2v) is 5.46. The molecule has 18 heavy (non-hydrogen) atoms. The number of benzene rings is 1. The molecule has 0 saturated carbocycles. The van der Waals surface area contributed by atoms with Crippen molar-refractivity contribution in [3.63, 3.8) is 0 Å². The first-order chi connectivity index (χ1) is 8.66. The largest absolute Gasteiger partial charge is 0.342 e. The van der Waals surface area contributed by atoms with Crippen LogP contribution in [0.3, 0.4) is 0 Å². The minimum atomic E-state index is 0.317. The van der Waals surface area contributed by atoms with Crippen LogP contribution in [-0.2, 0) is 4.79 Å². The zero-order valence-electron chi connectivity index (χ0n) is 11.4. The Morgan fingerprint density at radius 1 is 1.28 bits per heavy atom. The molecule has 0 aromatic heterocycles. The number of nitrogens with one attached hydrogen (secondary N) is 1. The maximum Gasteiger partial charge on any atom is 0.223 e. The summed E-state index contributed by atoms with van der Waals surface area (Å²) in [5.74, 6) is 0.711.